The molecule has 0 saturated carbocycles. The van der Waals surface area contributed by atoms with Crippen LogP contribution in [-0.4, -0.2) is 22.9 Å². The molecule has 0 radical (unpaired) electrons. The molecule has 1 aromatic rings. The lowest BCUT2D eigenvalue weighted by Crippen LogP contribution is -2.33. The maximum Gasteiger partial charge on any atom is 0.490 e. The van der Waals surface area contributed by atoms with E-state index in [-0.39, 0.29) is 16.9 Å². The van der Waals surface area contributed by atoms with Crippen molar-refractivity contribution in [2.45, 2.75) is 6.92 Å². The van der Waals surface area contributed by atoms with Crippen LogP contribution in [0.15, 0.2) is 18.2 Å². The summed E-state index contributed by atoms with van der Waals surface area (Å²) in [7, 11) is -1.64. The molecule has 0 aliphatic heterocycles. The van der Waals surface area contributed by atoms with Crippen LogP contribution in [-0.2, 0) is 0 Å². The normalized spacial score (nSPS) is 9.77. The Morgan fingerprint density at radius 1 is 1.46 bits per heavy atom. The number of nitrogen functional groups attached to an aromatic ring is 1. The number of nitrogens with two attached hydrogens (primary N) is 1. The van der Waals surface area contributed by atoms with Crippen LogP contribution in [0.3, 0.4) is 0 Å². The van der Waals surface area contributed by atoms with Crippen molar-refractivity contribution in [1.29, 1.82) is 0 Å². The van der Waals surface area contributed by atoms with E-state index in [0.717, 1.165) is 0 Å². The number of Topliss-reactive ketones (excluding diaryl/α,β-unsaturated/α-hetero) is 1. The fourth-order valence-corrected chi connectivity index (χ4v) is 1.12. The molecule has 0 heterocycles. The van der Waals surface area contributed by atoms with E-state index in [1.54, 1.807) is 12.1 Å². The van der Waals surface area contributed by atoms with Crippen molar-refractivity contribution in [3.63, 3.8) is 0 Å². The Labute approximate surface area is 76.1 Å². The van der Waals surface area contributed by atoms with Crippen LogP contribution >= 0.6 is 0 Å². The molecule has 0 atom stereocenters. The molecule has 0 unspecified atom stereocenters. The number of ketones is 1. The Morgan fingerprint density at radius 2 is 2.08 bits per heavy atom. The van der Waals surface area contributed by atoms with Gasteiger partial charge < -0.3 is 15.8 Å². The number of benzene rings is 1. The zero-order valence-electron chi connectivity index (χ0n) is 7.19. The van der Waals surface area contributed by atoms with Gasteiger partial charge in [-0.3, -0.25) is 4.79 Å². The van der Waals surface area contributed by atoms with Crippen LogP contribution in [0.1, 0.15) is 17.3 Å². The summed E-state index contributed by atoms with van der Waals surface area (Å²) in [6, 6.07) is 4.57. The lowest BCUT2D eigenvalue weighted by molar-refractivity contribution is 0.101. The third-order valence-electron chi connectivity index (χ3n) is 1.80. The zero-order chi connectivity index (χ0) is 10.0. The maximum atomic E-state index is 11.0. The van der Waals surface area contributed by atoms with Gasteiger partial charge in [-0.15, -0.1) is 0 Å². The van der Waals surface area contributed by atoms with Gasteiger partial charge >= 0.3 is 7.12 Å². The molecule has 4 N–H and O–H groups in total. The number of rotatable bonds is 2. The standard InChI is InChI=1S/C8H10BNO3/c1-5(11)6-3-2-4-7(8(6)10)9(12)13/h2-4,12-13H,10H2,1H3. The molecular formula is C8H10BNO3. The first-order chi connectivity index (χ1) is 6.04. The van der Waals surface area contributed by atoms with Gasteiger partial charge in [-0.1, -0.05) is 12.1 Å². The summed E-state index contributed by atoms with van der Waals surface area (Å²) in [5.41, 5.74) is 6.14. The monoisotopic (exact) mass is 179 g/mol. The van der Waals surface area contributed by atoms with E-state index in [9.17, 15) is 4.79 Å². The second kappa shape index (κ2) is 3.59. The fourth-order valence-electron chi connectivity index (χ4n) is 1.12. The largest absolute Gasteiger partial charge is 0.490 e. The van der Waals surface area contributed by atoms with Crippen molar-refractivity contribution in [3.05, 3.63) is 23.8 Å². The Balaban J connectivity index is 3.26. The topological polar surface area (TPSA) is 83.5 Å². The molecule has 0 aliphatic rings. The first-order valence-electron chi connectivity index (χ1n) is 3.79. The number of carbonyl (C=O) groups excluding carboxylic acids is 1. The summed E-state index contributed by atoms with van der Waals surface area (Å²) in [5.74, 6) is -0.194. The van der Waals surface area contributed by atoms with Crippen molar-refractivity contribution in [2.75, 3.05) is 5.73 Å². The van der Waals surface area contributed by atoms with Gasteiger partial charge in [-0.05, 0) is 13.0 Å². The van der Waals surface area contributed by atoms with Gasteiger partial charge in [0.1, 0.15) is 0 Å². The van der Waals surface area contributed by atoms with Gasteiger partial charge in [0, 0.05) is 16.7 Å². The lowest BCUT2D eigenvalue weighted by Gasteiger charge is -2.07. The Kier molecular flexibility index (Phi) is 2.70. The minimum absolute atomic E-state index is 0.130. The van der Waals surface area contributed by atoms with E-state index in [2.05, 4.69) is 0 Å². The molecule has 1 aromatic carbocycles. The van der Waals surface area contributed by atoms with Gasteiger partial charge in [0.25, 0.3) is 0 Å². The van der Waals surface area contributed by atoms with E-state index >= 15 is 0 Å². The van der Waals surface area contributed by atoms with Gasteiger partial charge in [-0.25, -0.2) is 0 Å². The van der Waals surface area contributed by atoms with E-state index in [0.29, 0.717) is 5.56 Å². The number of anilines is 1. The molecule has 0 spiro atoms. The third kappa shape index (κ3) is 1.88. The molecule has 1 rings (SSSR count). The Bertz CT molecular complexity index is 338. The smallest absolute Gasteiger partial charge is 0.423 e. The summed E-state index contributed by atoms with van der Waals surface area (Å²) < 4.78 is 0. The minimum Gasteiger partial charge on any atom is -0.423 e. The lowest BCUT2D eigenvalue weighted by atomic mass is 9.78. The summed E-state index contributed by atoms with van der Waals surface area (Å²) in [5, 5.41) is 17.8. The average molecular weight is 179 g/mol. The molecule has 5 heteroatoms. The van der Waals surface area contributed by atoms with Crippen LogP contribution in [0, 0.1) is 0 Å². The quantitative estimate of drug-likeness (QED) is 0.313. The van der Waals surface area contributed by atoms with Gasteiger partial charge in [0.2, 0.25) is 0 Å². The van der Waals surface area contributed by atoms with Crippen LogP contribution in [0.4, 0.5) is 5.69 Å². The maximum absolute atomic E-state index is 11.0. The summed E-state index contributed by atoms with van der Waals surface area (Å²) in [6.45, 7) is 1.37. The highest BCUT2D eigenvalue weighted by molar-refractivity contribution is 6.60. The first kappa shape index (κ1) is 9.76. The molecule has 68 valence electrons. The Morgan fingerprint density at radius 3 is 2.54 bits per heavy atom. The van der Waals surface area contributed by atoms with Crippen LogP contribution < -0.4 is 11.2 Å². The van der Waals surface area contributed by atoms with Gasteiger partial charge in [0.05, 0.1) is 0 Å². The molecule has 4 nitrogen and oxygen atoms in total. The second-order valence-electron chi connectivity index (χ2n) is 2.74. The molecular weight excluding hydrogens is 169 g/mol. The van der Waals surface area contributed by atoms with Crippen LogP contribution in [0.5, 0.6) is 0 Å². The van der Waals surface area contributed by atoms with Crippen molar-refractivity contribution >= 4 is 24.1 Å². The highest BCUT2D eigenvalue weighted by Gasteiger charge is 2.17. The van der Waals surface area contributed by atoms with Crippen molar-refractivity contribution in [1.82, 2.24) is 0 Å². The molecule has 0 saturated heterocycles. The van der Waals surface area contributed by atoms with E-state index < -0.39 is 7.12 Å². The summed E-state index contributed by atoms with van der Waals surface area (Å²) in [6.07, 6.45) is 0. The third-order valence-corrected chi connectivity index (χ3v) is 1.80. The van der Waals surface area contributed by atoms with Crippen LogP contribution in [0.25, 0.3) is 0 Å². The van der Waals surface area contributed by atoms with E-state index in [1.807, 2.05) is 0 Å². The predicted octanol–water partition coefficient (Wildman–Crippen LogP) is -0.849. The molecule has 0 fully saturated rings. The second-order valence-corrected chi connectivity index (χ2v) is 2.74. The van der Waals surface area contributed by atoms with E-state index in [1.165, 1.54) is 13.0 Å². The molecule has 0 amide bonds. The van der Waals surface area contributed by atoms with Crippen molar-refractivity contribution < 1.29 is 14.8 Å². The number of hydrogen-bond acceptors (Lipinski definition) is 4. The highest BCUT2D eigenvalue weighted by atomic mass is 16.4. The summed E-state index contributed by atoms with van der Waals surface area (Å²) >= 11 is 0. The Hall–Kier alpha value is -1.33. The molecule has 0 aromatic heterocycles. The summed E-state index contributed by atoms with van der Waals surface area (Å²) in [4.78, 5) is 11.0. The number of hydrogen-bond donors (Lipinski definition) is 3. The van der Waals surface area contributed by atoms with Gasteiger partial charge in [0.15, 0.2) is 5.78 Å². The zero-order valence-corrected chi connectivity index (χ0v) is 7.19. The molecule has 13 heavy (non-hydrogen) atoms. The SMILES string of the molecule is CC(=O)c1cccc(B(O)O)c1N. The minimum atomic E-state index is -1.64. The van der Waals surface area contributed by atoms with E-state index in [4.69, 9.17) is 15.8 Å². The first-order valence-corrected chi connectivity index (χ1v) is 3.79. The predicted molar refractivity (Wildman–Crippen MR) is 50.7 cm³/mol. The highest BCUT2D eigenvalue weighted by Crippen LogP contribution is 2.09. The van der Waals surface area contributed by atoms with Crippen molar-refractivity contribution in [3.8, 4) is 0 Å². The average Bonchev–Trinajstić information content (AvgIpc) is 2.03. The number of para-hydroxylation sites is 1. The molecule has 0 aliphatic carbocycles. The fraction of sp³-hybridized carbons (Fsp3) is 0.125. The number of carbonyl (C=O) groups is 1. The van der Waals surface area contributed by atoms with Gasteiger partial charge in [-0.2, -0.15) is 0 Å². The van der Waals surface area contributed by atoms with Crippen LogP contribution in [0.2, 0.25) is 0 Å². The molecule has 0 bridgehead atoms. The van der Waals surface area contributed by atoms with Crippen molar-refractivity contribution in [2.24, 2.45) is 0 Å².